The fraction of sp³-hybridized carbons (Fsp3) is 0. The first-order valence-electron chi connectivity index (χ1n) is 1.10. The monoisotopic (exact) mass is 302 g/mol. The summed E-state index contributed by atoms with van der Waals surface area (Å²) in [5.74, 6) is 0. The normalized spacial score (nSPS) is 4.80. The molecule has 0 aromatic rings. The average molecular weight is 301 g/mol. The van der Waals surface area contributed by atoms with Gasteiger partial charge in [0.25, 0.3) is 0 Å². The summed E-state index contributed by atoms with van der Waals surface area (Å²) in [5, 5.41) is 29.5. The number of nitrogens with zero attached hydrogens (tertiary/aromatic N) is 2. The molecular weight excluding hydrogens is 299 g/mol. The average Bonchev–Trinajstić information content (AvgIpc) is 1.25. The first kappa shape index (κ1) is 22.5. The molecule has 0 unspecified atom stereocenters. The van der Waals surface area contributed by atoms with Crippen molar-refractivity contribution in [3.05, 3.63) is 30.6 Å². The first-order valence-corrected chi connectivity index (χ1v) is 1.10. The van der Waals surface area contributed by atoms with Gasteiger partial charge in [-0.2, -0.15) is 0 Å². The van der Waals surface area contributed by atoms with Crippen LogP contribution >= 0.6 is 0 Å². The third kappa shape index (κ3) is 353. The summed E-state index contributed by atoms with van der Waals surface area (Å²) in [6, 6.07) is 0. The van der Waals surface area contributed by atoms with E-state index in [-0.39, 0.29) is 91.0 Å². The van der Waals surface area contributed by atoms with Crippen LogP contribution in [0.15, 0.2) is 0 Å². The Kier molecular flexibility index (Phi) is 37.7. The summed E-state index contributed by atoms with van der Waals surface area (Å²) in [4.78, 5) is 16.5. The molecule has 8 nitrogen and oxygen atoms in total. The van der Waals surface area contributed by atoms with Crippen molar-refractivity contribution in [2.45, 2.75) is 0 Å². The summed E-state index contributed by atoms with van der Waals surface area (Å²) in [7, 11) is 0. The van der Waals surface area contributed by atoms with Crippen molar-refractivity contribution >= 4 is 91.0 Å². The summed E-state index contributed by atoms with van der Waals surface area (Å²) in [6.45, 7) is 0. The standard InChI is InChI=1S/2NO3.2Sr.2H/c2*2-1(3)4;;;;/q2*-1;;+2;;. The second-order valence-corrected chi connectivity index (χ2v) is 0.447. The molecule has 0 aromatic heterocycles. The van der Waals surface area contributed by atoms with Crippen LogP contribution in [-0.2, 0) is 0 Å². The molecule has 0 N–H and O–H groups in total. The second kappa shape index (κ2) is 16.8. The summed E-state index contributed by atoms with van der Waals surface area (Å²) in [5.41, 5.74) is 0. The summed E-state index contributed by atoms with van der Waals surface area (Å²) >= 11 is 0. The Morgan fingerprint density at radius 2 is 0.800 bits per heavy atom. The minimum absolute atomic E-state index is 0. The van der Waals surface area contributed by atoms with Gasteiger partial charge >= 0.3 is 91.0 Å². The molecule has 0 heterocycles. The molecule has 0 amide bonds. The molecule has 52 valence electrons. The van der Waals surface area contributed by atoms with E-state index >= 15 is 0 Å². The molecular formula is H2N2O6Sr2. The molecule has 0 fully saturated rings. The van der Waals surface area contributed by atoms with Gasteiger partial charge in [-0.3, -0.25) is 0 Å². The van der Waals surface area contributed by atoms with E-state index in [2.05, 4.69) is 0 Å². The molecule has 0 aliphatic carbocycles. The number of hydrogen-bond donors (Lipinski definition) is 0. The quantitative estimate of drug-likeness (QED) is 0.295. The third-order valence-corrected chi connectivity index (χ3v) is 0. The van der Waals surface area contributed by atoms with E-state index < -0.39 is 10.2 Å². The zero-order valence-corrected chi connectivity index (χ0v) is 7.53. The fourth-order valence-corrected chi connectivity index (χ4v) is 0. The van der Waals surface area contributed by atoms with Gasteiger partial charge in [-0.15, -0.1) is 0 Å². The van der Waals surface area contributed by atoms with Crippen molar-refractivity contribution < 1.29 is 10.2 Å². The predicted molar refractivity (Wildman–Crippen MR) is 35.0 cm³/mol. The molecule has 0 spiro atoms. The third-order valence-electron chi connectivity index (χ3n) is 0. The molecule has 0 radical (unpaired) electrons. The van der Waals surface area contributed by atoms with Crippen molar-refractivity contribution in [3.63, 3.8) is 0 Å². The fourth-order valence-electron chi connectivity index (χ4n) is 0. The van der Waals surface area contributed by atoms with Crippen molar-refractivity contribution in [2.24, 2.45) is 0 Å². The van der Waals surface area contributed by atoms with Crippen LogP contribution < -0.4 is 0 Å². The molecule has 0 aromatic carbocycles. The van der Waals surface area contributed by atoms with Gasteiger partial charge in [-0.1, -0.05) is 0 Å². The Morgan fingerprint density at radius 3 is 0.800 bits per heavy atom. The van der Waals surface area contributed by atoms with Crippen molar-refractivity contribution in [1.82, 2.24) is 0 Å². The van der Waals surface area contributed by atoms with Gasteiger partial charge in [0, 0.05) is 0 Å². The Hall–Kier alpha value is 1.36. The van der Waals surface area contributed by atoms with E-state index in [9.17, 15) is 0 Å². The van der Waals surface area contributed by atoms with Crippen LogP contribution in [0.3, 0.4) is 0 Å². The van der Waals surface area contributed by atoms with Crippen molar-refractivity contribution in [3.8, 4) is 0 Å². The molecule has 10 heavy (non-hydrogen) atoms. The second-order valence-electron chi connectivity index (χ2n) is 0.447. The van der Waals surface area contributed by atoms with Gasteiger partial charge < -0.3 is 30.6 Å². The Bertz CT molecular complexity index is 71.7. The first-order chi connectivity index (χ1) is 3.46. The van der Waals surface area contributed by atoms with Gasteiger partial charge in [0.05, 0.1) is 10.2 Å². The molecule has 0 saturated carbocycles. The van der Waals surface area contributed by atoms with Gasteiger partial charge in [-0.25, -0.2) is 0 Å². The van der Waals surface area contributed by atoms with Crippen LogP contribution in [0.4, 0.5) is 0 Å². The van der Waals surface area contributed by atoms with Crippen LogP contribution in [0, 0.1) is 30.6 Å². The molecule has 0 aliphatic heterocycles. The Labute approximate surface area is 129 Å². The van der Waals surface area contributed by atoms with Gasteiger partial charge in [0.15, 0.2) is 0 Å². The van der Waals surface area contributed by atoms with E-state index in [1.807, 2.05) is 0 Å². The molecule has 0 atom stereocenters. The Morgan fingerprint density at radius 1 is 0.800 bits per heavy atom. The zero-order chi connectivity index (χ0) is 7.15. The maximum atomic E-state index is 8.25. The van der Waals surface area contributed by atoms with Crippen molar-refractivity contribution in [1.29, 1.82) is 0 Å². The van der Waals surface area contributed by atoms with Crippen LogP contribution in [0.1, 0.15) is 0 Å². The van der Waals surface area contributed by atoms with E-state index in [1.54, 1.807) is 0 Å². The molecule has 0 bridgehead atoms. The topological polar surface area (TPSA) is 132 Å². The Balaban J connectivity index is -0.0000000300. The van der Waals surface area contributed by atoms with Crippen LogP contribution in [0.5, 0.6) is 0 Å². The number of rotatable bonds is 0. The number of hydrogen-bond acceptors (Lipinski definition) is 6. The molecule has 0 saturated heterocycles. The molecule has 0 aliphatic rings. The van der Waals surface area contributed by atoms with Crippen LogP contribution in [0.25, 0.3) is 0 Å². The van der Waals surface area contributed by atoms with E-state index in [1.165, 1.54) is 0 Å². The minimum atomic E-state index is -1.75. The molecule has 10 heteroatoms. The predicted octanol–water partition coefficient (Wildman–Crippen LogP) is -1.78. The van der Waals surface area contributed by atoms with E-state index in [4.69, 9.17) is 30.6 Å². The van der Waals surface area contributed by atoms with Crippen molar-refractivity contribution in [2.75, 3.05) is 0 Å². The van der Waals surface area contributed by atoms with Crippen LogP contribution in [-0.4, -0.2) is 101 Å². The van der Waals surface area contributed by atoms with Gasteiger partial charge in [-0.05, 0) is 0 Å². The SMILES string of the molecule is O=[N+]([O-])[O-].O=[N+]([O-])[O-].[Sr+2].[SrH2]. The summed E-state index contributed by atoms with van der Waals surface area (Å²) in [6.07, 6.45) is 0. The van der Waals surface area contributed by atoms with Gasteiger partial charge in [0.1, 0.15) is 0 Å². The maximum absolute atomic E-state index is 8.25. The van der Waals surface area contributed by atoms with E-state index in [0.717, 1.165) is 0 Å². The van der Waals surface area contributed by atoms with E-state index in [0.29, 0.717) is 0 Å². The summed E-state index contributed by atoms with van der Waals surface area (Å²) < 4.78 is 0. The van der Waals surface area contributed by atoms with Gasteiger partial charge in [0.2, 0.25) is 0 Å². The van der Waals surface area contributed by atoms with Crippen LogP contribution in [0.2, 0.25) is 0 Å². The zero-order valence-electron chi connectivity index (χ0n) is 4.05. The molecule has 0 rings (SSSR count).